The third-order valence-corrected chi connectivity index (χ3v) is 3.13. The van der Waals surface area contributed by atoms with Gasteiger partial charge < -0.3 is 19.8 Å². The van der Waals surface area contributed by atoms with Crippen molar-refractivity contribution >= 4 is 17.9 Å². The summed E-state index contributed by atoms with van der Waals surface area (Å²) >= 11 is 0. The van der Waals surface area contributed by atoms with Crippen LogP contribution < -0.4 is 9.64 Å². The zero-order chi connectivity index (χ0) is 16.3. The molecule has 0 heterocycles. The third kappa shape index (κ3) is 3.01. The molecular formula is C16H15NO5. The van der Waals surface area contributed by atoms with Gasteiger partial charge >= 0.3 is 0 Å². The number of aromatic hydroxyl groups is 2. The molecule has 0 saturated heterocycles. The van der Waals surface area contributed by atoms with Gasteiger partial charge in [-0.1, -0.05) is 0 Å². The van der Waals surface area contributed by atoms with E-state index < -0.39 is 5.78 Å². The first kappa shape index (κ1) is 15.4. The standard InChI is InChI=1S/C16H15NO5/c1-17(2)10-3-5-12(14(20)7-10)16(21)13-6-4-11(19)8-15(13)22-9-18/h3-9,19-20H,1-2H3. The number of carbonyl (C=O) groups is 2. The topological polar surface area (TPSA) is 87.1 Å². The molecule has 0 aliphatic heterocycles. The van der Waals surface area contributed by atoms with Crippen LogP contribution in [0.25, 0.3) is 0 Å². The van der Waals surface area contributed by atoms with E-state index in [0.717, 1.165) is 11.8 Å². The largest absolute Gasteiger partial charge is 0.508 e. The molecule has 0 aliphatic rings. The number of rotatable bonds is 5. The molecular weight excluding hydrogens is 286 g/mol. The molecule has 114 valence electrons. The van der Waals surface area contributed by atoms with E-state index in [0.29, 0.717) is 0 Å². The van der Waals surface area contributed by atoms with Crippen LogP contribution in [0.1, 0.15) is 15.9 Å². The number of phenolic OH excluding ortho intramolecular Hbond substituents is 2. The molecule has 0 spiro atoms. The summed E-state index contributed by atoms with van der Waals surface area (Å²) in [4.78, 5) is 24.8. The number of ether oxygens (including phenoxy) is 1. The number of hydrogen-bond donors (Lipinski definition) is 2. The number of anilines is 1. The first-order chi connectivity index (χ1) is 10.4. The van der Waals surface area contributed by atoms with Gasteiger partial charge in [-0.3, -0.25) is 9.59 Å². The molecule has 0 unspecified atom stereocenters. The number of hydrogen-bond acceptors (Lipinski definition) is 6. The summed E-state index contributed by atoms with van der Waals surface area (Å²) in [5.41, 5.74) is 0.883. The average molecular weight is 301 g/mol. The minimum atomic E-state index is -0.514. The Bertz CT molecular complexity index is 724. The molecule has 6 heteroatoms. The fourth-order valence-electron chi connectivity index (χ4n) is 1.98. The van der Waals surface area contributed by atoms with Gasteiger partial charge in [0, 0.05) is 31.9 Å². The Labute approximate surface area is 127 Å². The Morgan fingerprint density at radius 3 is 2.36 bits per heavy atom. The lowest BCUT2D eigenvalue weighted by molar-refractivity contribution is -0.120. The summed E-state index contributed by atoms with van der Waals surface area (Å²) in [6.45, 7) is 0.167. The molecule has 0 saturated carbocycles. The van der Waals surface area contributed by atoms with Gasteiger partial charge in [0.05, 0.1) is 11.1 Å². The molecule has 0 bridgehead atoms. The summed E-state index contributed by atoms with van der Waals surface area (Å²) in [5.74, 6) is -0.905. The van der Waals surface area contributed by atoms with Crippen LogP contribution in [0.4, 0.5) is 5.69 Å². The molecule has 2 N–H and O–H groups in total. The van der Waals surface area contributed by atoms with Crippen LogP contribution in [-0.2, 0) is 4.79 Å². The van der Waals surface area contributed by atoms with Crippen molar-refractivity contribution in [1.29, 1.82) is 0 Å². The quantitative estimate of drug-likeness (QED) is 0.648. The maximum Gasteiger partial charge on any atom is 0.298 e. The fourth-order valence-corrected chi connectivity index (χ4v) is 1.98. The van der Waals surface area contributed by atoms with Crippen molar-refractivity contribution in [3.8, 4) is 17.2 Å². The zero-order valence-corrected chi connectivity index (χ0v) is 12.1. The second kappa shape index (κ2) is 6.17. The SMILES string of the molecule is CN(C)c1ccc(C(=O)c2ccc(O)cc2OC=O)c(O)c1. The van der Waals surface area contributed by atoms with Gasteiger partial charge in [-0.2, -0.15) is 0 Å². The van der Waals surface area contributed by atoms with Crippen molar-refractivity contribution in [3.63, 3.8) is 0 Å². The van der Waals surface area contributed by atoms with Crippen molar-refractivity contribution < 1.29 is 24.5 Å². The maximum atomic E-state index is 12.5. The summed E-state index contributed by atoms with van der Waals surface area (Å²) in [5, 5.41) is 19.4. The summed E-state index contributed by atoms with van der Waals surface area (Å²) in [6.07, 6.45) is 0. The highest BCUT2D eigenvalue weighted by Crippen LogP contribution is 2.30. The Kier molecular flexibility index (Phi) is 4.31. The summed E-state index contributed by atoms with van der Waals surface area (Å²) in [6, 6.07) is 8.44. The van der Waals surface area contributed by atoms with Gasteiger partial charge in [-0.05, 0) is 24.3 Å². The van der Waals surface area contributed by atoms with Crippen LogP contribution in [0.3, 0.4) is 0 Å². The van der Waals surface area contributed by atoms with E-state index in [4.69, 9.17) is 4.74 Å². The monoisotopic (exact) mass is 301 g/mol. The first-order valence-electron chi connectivity index (χ1n) is 6.42. The van der Waals surface area contributed by atoms with Crippen LogP contribution in [0.2, 0.25) is 0 Å². The van der Waals surface area contributed by atoms with Crippen molar-refractivity contribution in [2.45, 2.75) is 0 Å². The summed E-state index contributed by atoms with van der Waals surface area (Å²) < 4.78 is 4.71. The second-order valence-corrected chi connectivity index (χ2v) is 4.82. The van der Waals surface area contributed by atoms with E-state index in [1.54, 1.807) is 11.0 Å². The van der Waals surface area contributed by atoms with E-state index >= 15 is 0 Å². The molecule has 2 aromatic rings. The number of ketones is 1. The molecule has 0 amide bonds. The van der Waals surface area contributed by atoms with Crippen LogP contribution in [-0.4, -0.2) is 36.6 Å². The fraction of sp³-hybridized carbons (Fsp3) is 0.125. The molecule has 2 rings (SSSR count). The highest BCUT2D eigenvalue weighted by atomic mass is 16.5. The number of benzene rings is 2. The molecule has 0 aromatic heterocycles. The Morgan fingerprint density at radius 2 is 1.77 bits per heavy atom. The van der Waals surface area contributed by atoms with Gasteiger partial charge in [0.25, 0.3) is 6.47 Å². The zero-order valence-electron chi connectivity index (χ0n) is 12.1. The molecule has 0 atom stereocenters. The number of nitrogens with zero attached hydrogens (tertiary/aromatic N) is 1. The van der Waals surface area contributed by atoms with E-state index in [-0.39, 0.29) is 34.8 Å². The van der Waals surface area contributed by atoms with Crippen molar-refractivity contribution in [2.24, 2.45) is 0 Å². The van der Waals surface area contributed by atoms with E-state index in [1.807, 2.05) is 14.1 Å². The van der Waals surface area contributed by atoms with Gasteiger partial charge in [0.1, 0.15) is 17.2 Å². The highest BCUT2D eigenvalue weighted by molar-refractivity contribution is 6.12. The van der Waals surface area contributed by atoms with Gasteiger partial charge in [0.2, 0.25) is 0 Å². The van der Waals surface area contributed by atoms with Crippen molar-refractivity contribution in [3.05, 3.63) is 47.5 Å². The molecule has 22 heavy (non-hydrogen) atoms. The van der Waals surface area contributed by atoms with Gasteiger partial charge in [-0.25, -0.2) is 0 Å². The maximum absolute atomic E-state index is 12.5. The Hall–Kier alpha value is -3.02. The number of carbonyl (C=O) groups excluding carboxylic acids is 2. The molecule has 6 nitrogen and oxygen atoms in total. The van der Waals surface area contributed by atoms with Crippen molar-refractivity contribution in [2.75, 3.05) is 19.0 Å². The third-order valence-electron chi connectivity index (χ3n) is 3.13. The van der Waals surface area contributed by atoms with E-state index in [9.17, 15) is 19.8 Å². The molecule has 0 aliphatic carbocycles. The predicted octanol–water partition coefficient (Wildman–Crippen LogP) is 1.93. The molecule has 0 fully saturated rings. The second-order valence-electron chi connectivity index (χ2n) is 4.82. The van der Waals surface area contributed by atoms with E-state index in [2.05, 4.69) is 0 Å². The van der Waals surface area contributed by atoms with Crippen LogP contribution in [0, 0.1) is 0 Å². The van der Waals surface area contributed by atoms with Gasteiger partial charge in [-0.15, -0.1) is 0 Å². The molecule has 0 radical (unpaired) electrons. The van der Waals surface area contributed by atoms with Crippen LogP contribution >= 0.6 is 0 Å². The van der Waals surface area contributed by atoms with Crippen LogP contribution in [0.5, 0.6) is 17.2 Å². The number of phenols is 2. The van der Waals surface area contributed by atoms with Crippen LogP contribution in [0.15, 0.2) is 36.4 Å². The van der Waals surface area contributed by atoms with Gasteiger partial charge in [0.15, 0.2) is 5.78 Å². The highest BCUT2D eigenvalue weighted by Gasteiger charge is 2.19. The lowest BCUT2D eigenvalue weighted by atomic mass is 10.0. The average Bonchev–Trinajstić information content (AvgIpc) is 2.47. The predicted molar refractivity (Wildman–Crippen MR) is 80.7 cm³/mol. The lowest BCUT2D eigenvalue weighted by Crippen LogP contribution is -2.10. The normalized spacial score (nSPS) is 10.1. The first-order valence-corrected chi connectivity index (χ1v) is 6.42. The Balaban J connectivity index is 2.46. The van der Waals surface area contributed by atoms with Crippen molar-refractivity contribution in [1.82, 2.24) is 0 Å². The van der Waals surface area contributed by atoms with E-state index in [1.165, 1.54) is 24.3 Å². The minimum absolute atomic E-state index is 0.0674. The minimum Gasteiger partial charge on any atom is -0.508 e. The molecule has 2 aromatic carbocycles. The summed E-state index contributed by atoms with van der Waals surface area (Å²) in [7, 11) is 3.62. The Morgan fingerprint density at radius 1 is 1.09 bits per heavy atom. The lowest BCUT2D eigenvalue weighted by Gasteiger charge is -2.14. The smallest absolute Gasteiger partial charge is 0.298 e.